The molecule has 1 saturated heterocycles. The third kappa shape index (κ3) is 6.99. The van der Waals surface area contributed by atoms with Crippen LogP contribution in [0.3, 0.4) is 0 Å². The number of benzene rings is 1. The fourth-order valence-electron chi connectivity index (χ4n) is 2.87. The molecule has 3 N–H and O–H groups in total. The zero-order valence-electron chi connectivity index (χ0n) is 18.6. The van der Waals surface area contributed by atoms with Crippen LogP contribution >= 0.6 is 0 Å². The van der Waals surface area contributed by atoms with Crippen LogP contribution in [0.4, 0.5) is 5.69 Å². The predicted octanol–water partition coefficient (Wildman–Crippen LogP) is 3.99. The van der Waals surface area contributed by atoms with Crippen LogP contribution in [0, 0.1) is 5.92 Å². The van der Waals surface area contributed by atoms with Gasteiger partial charge in [-0.1, -0.05) is 52.8 Å². The highest BCUT2D eigenvalue weighted by Crippen LogP contribution is 2.37. The van der Waals surface area contributed by atoms with Crippen molar-refractivity contribution in [1.29, 1.82) is 0 Å². The van der Waals surface area contributed by atoms with E-state index in [0.717, 1.165) is 25.3 Å². The lowest BCUT2D eigenvalue weighted by Gasteiger charge is -2.36. The molecule has 1 amide bonds. The number of hydrogen-bond acceptors (Lipinski definition) is 4. The van der Waals surface area contributed by atoms with Crippen LogP contribution in [0.2, 0.25) is 18.1 Å². The molecule has 1 aliphatic heterocycles. The number of para-hydroxylation sites is 1. The van der Waals surface area contributed by atoms with E-state index in [9.17, 15) is 4.79 Å². The van der Waals surface area contributed by atoms with E-state index < -0.39 is 8.32 Å². The van der Waals surface area contributed by atoms with Gasteiger partial charge in [-0.25, -0.2) is 0 Å². The van der Waals surface area contributed by atoms with Crippen molar-refractivity contribution < 1.29 is 9.22 Å². The smallest absolute Gasteiger partial charge is 0.241 e. The average molecular weight is 406 g/mol. The average Bonchev–Trinajstić information content (AvgIpc) is 3.35. The van der Waals surface area contributed by atoms with Gasteiger partial charge >= 0.3 is 0 Å². The minimum atomic E-state index is -1.71. The van der Waals surface area contributed by atoms with Gasteiger partial charge in [-0.05, 0) is 42.6 Å². The number of carbonyl (C=O) groups is 1. The summed E-state index contributed by atoms with van der Waals surface area (Å²) in [6.45, 7) is 17.2. The Balaban J connectivity index is 1.80. The first kappa shape index (κ1) is 23.1. The van der Waals surface area contributed by atoms with Gasteiger partial charge in [0.2, 0.25) is 5.91 Å². The first-order valence-electron chi connectivity index (χ1n) is 10.5. The van der Waals surface area contributed by atoms with Crippen molar-refractivity contribution in [3.05, 3.63) is 30.3 Å². The molecule has 6 heteroatoms. The van der Waals surface area contributed by atoms with Gasteiger partial charge in [0, 0.05) is 24.3 Å². The topological polar surface area (TPSA) is 72.3 Å². The van der Waals surface area contributed by atoms with Gasteiger partial charge in [0.15, 0.2) is 8.32 Å². The monoisotopic (exact) mass is 405 g/mol. The molecule has 1 aromatic rings. The molecule has 0 aromatic heterocycles. The van der Waals surface area contributed by atoms with E-state index in [0.29, 0.717) is 18.0 Å². The number of anilines is 1. The number of amides is 1. The molecule has 0 bridgehead atoms. The van der Waals surface area contributed by atoms with E-state index in [2.05, 4.69) is 63.7 Å². The Labute approximate surface area is 172 Å². The van der Waals surface area contributed by atoms with Gasteiger partial charge < -0.3 is 20.4 Å². The fraction of sp³-hybridized carbons (Fsp3) is 0.682. The number of carbonyl (C=O) groups excluding carboxylic acids is 1. The zero-order chi connectivity index (χ0) is 20.9. The molecule has 28 heavy (non-hydrogen) atoms. The van der Waals surface area contributed by atoms with E-state index in [4.69, 9.17) is 4.43 Å². The third-order valence-electron chi connectivity index (χ3n) is 5.88. The predicted molar refractivity (Wildman–Crippen MR) is 120 cm³/mol. The summed E-state index contributed by atoms with van der Waals surface area (Å²) < 4.78 is 6.32. The van der Waals surface area contributed by atoms with Crippen LogP contribution in [0.15, 0.2) is 30.3 Å². The van der Waals surface area contributed by atoms with Crippen molar-refractivity contribution in [1.82, 2.24) is 10.6 Å². The summed E-state index contributed by atoms with van der Waals surface area (Å²) in [6, 6.07) is 10.2. The lowest BCUT2D eigenvalue weighted by atomic mass is 10.0. The Morgan fingerprint density at radius 3 is 2.39 bits per heavy atom. The molecule has 0 aliphatic carbocycles. The van der Waals surface area contributed by atoms with E-state index in [1.807, 2.05) is 30.3 Å². The van der Waals surface area contributed by atoms with Gasteiger partial charge in [0.05, 0.1) is 12.6 Å². The highest BCUT2D eigenvalue weighted by atomic mass is 28.4. The maximum absolute atomic E-state index is 12.7. The lowest BCUT2D eigenvalue weighted by molar-refractivity contribution is -0.118. The summed E-state index contributed by atoms with van der Waals surface area (Å²) in [6.07, 6.45) is 0.816. The van der Waals surface area contributed by atoms with Crippen molar-refractivity contribution in [2.75, 3.05) is 18.5 Å². The minimum absolute atomic E-state index is 0.0367. The Hall–Kier alpha value is -1.21. The molecular weight excluding hydrogens is 366 g/mol. The molecule has 0 spiro atoms. The van der Waals surface area contributed by atoms with Gasteiger partial charge in [-0.2, -0.15) is 0 Å². The fourth-order valence-corrected chi connectivity index (χ4v) is 3.90. The van der Waals surface area contributed by atoms with Crippen molar-refractivity contribution in [2.24, 2.45) is 5.92 Å². The highest BCUT2D eigenvalue weighted by molar-refractivity contribution is 6.74. The van der Waals surface area contributed by atoms with Crippen molar-refractivity contribution in [3.8, 4) is 0 Å². The Morgan fingerprint density at radius 2 is 1.82 bits per heavy atom. The first-order chi connectivity index (χ1) is 13.0. The van der Waals surface area contributed by atoms with Gasteiger partial charge in [-0.15, -0.1) is 0 Å². The molecule has 1 aliphatic rings. The standard InChI is InChI=1S/C22H39N3O2Si/c1-16(2)13-18(21(26)24-17-11-9-8-10-12-17)23-14-19-20(25-19)15-27-28(6,7)22(3,4)5/h8-12,16,18-20,23,25H,13-15H2,1-7H3,(H,24,26)/t18-,19+,20+/m0/s1. The van der Waals surface area contributed by atoms with Crippen LogP contribution in [0.5, 0.6) is 0 Å². The van der Waals surface area contributed by atoms with Gasteiger partial charge in [0.1, 0.15) is 0 Å². The summed E-state index contributed by atoms with van der Waals surface area (Å²) in [5.74, 6) is 0.485. The molecule has 5 nitrogen and oxygen atoms in total. The Bertz CT molecular complexity index is 628. The molecule has 0 saturated carbocycles. The summed E-state index contributed by atoms with van der Waals surface area (Å²) in [5.41, 5.74) is 0.841. The molecule has 0 radical (unpaired) electrons. The second-order valence-electron chi connectivity index (χ2n) is 9.90. The number of rotatable bonds is 10. The van der Waals surface area contributed by atoms with Crippen LogP contribution in [0.25, 0.3) is 0 Å². The maximum atomic E-state index is 12.7. The van der Waals surface area contributed by atoms with Gasteiger partial charge in [-0.3, -0.25) is 4.79 Å². The molecule has 1 heterocycles. The first-order valence-corrected chi connectivity index (χ1v) is 13.4. The highest BCUT2D eigenvalue weighted by Gasteiger charge is 2.42. The van der Waals surface area contributed by atoms with Crippen LogP contribution in [-0.4, -0.2) is 45.5 Å². The van der Waals surface area contributed by atoms with Crippen molar-refractivity contribution in [3.63, 3.8) is 0 Å². The molecule has 2 rings (SSSR count). The Kier molecular flexibility index (Phi) is 7.85. The molecule has 1 fully saturated rings. The second-order valence-corrected chi connectivity index (χ2v) is 14.7. The van der Waals surface area contributed by atoms with Crippen LogP contribution < -0.4 is 16.0 Å². The normalized spacial score (nSPS) is 20.9. The van der Waals surface area contributed by atoms with E-state index in [1.165, 1.54) is 0 Å². The second kappa shape index (κ2) is 9.52. The third-order valence-corrected chi connectivity index (χ3v) is 10.4. The zero-order valence-corrected chi connectivity index (χ0v) is 19.6. The van der Waals surface area contributed by atoms with Crippen LogP contribution in [0.1, 0.15) is 41.0 Å². The summed E-state index contributed by atoms with van der Waals surface area (Å²) in [7, 11) is -1.71. The molecule has 0 unspecified atom stereocenters. The maximum Gasteiger partial charge on any atom is 0.241 e. The molecule has 3 atom stereocenters. The van der Waals surface area contributed by atoms with Crippen molar-refractivity contribution in [2.45, 2.75) is 77.3 Å². The quantitative estimate of drug-likeness (QED) is 0.406. The summed E-state index contributed by atoms with van der Waals surface area (Å²) in [5, 5.41) is 10.2. The van der Waals surface area contributed by atoms with Crippen molar-refractivity contribution >= 4 is 19.9 Å². The molecular formula is C22H39N3O2Si. The Morgan fingerprint density at radius 1 is 1.18 bits per heavy atom. The number of nitrogens with one attached hydrogen (secondary N) is 3. The lowest BCUT2D eigenvalue weighted by Crippen LogP contribution is -2.44. The minimum Gasteiger partial charge on any atom is -0.415 e. The van der Waals surface area contributed by atoms with E-state index >= 15 is 0 Å². The summed E-state index contributed by atoms with van der Waals surface area (Å²) in [4.78, 5) is 12.7. The van der Waals surface area contributed by atoms with Gasteiger partial charge in [0.25, 0.3) is 0 Å². The SMILES string of the molecule is CC(C)C[C@H](NC[C@H]1N[C@@H]1CO[Si](C)(C)C(C)(C)C)C(=O)Nc1ccccc1. The molecule has 1 aromatic carbocycles. The molecule has 158 valence electrons. The number of hydrogen-bond donors (Lipinski definition) is 3. The van der Waals surface area contributed by atoms with E-state index in [1.54, 1.807) is 0 Å². The summed E-state index contributed by atoms with van der Waals surface area (Å²) >= 11 is 0. The largest absolute Gasteiger partial charge is 0.415 e. The van der Waals surface area contributed by atoms with Crippen LogP contribution in [-0.2, 0) is 9.22 Å². The van der Waals surface area contributed by atoms with E-state index in [-0.39, 0.29) is 17.0 Å².